The lowest BCUT2D eigenvalue weighted by atomic mass is 9.85. The van der Waals surface area contributed by atoms with E-state index < -0.39 is 35.4 Å². The summed E-state index contributed by atoms with van der Waals surface area (Å²) >= 11 is 1.57. The van der Waals surface area contributed by atoms with Crippen LogP contribution in [0.5, 0.6) is 0 Å². The standard InChI is InChI=1S/C34H52N4O10S/c1-24-30(49-23-36-24)26-7-5-25(6-8-26)20-35-32(42)28-19-27(40)21-38(28)33(43)31(34(2,3)4)37-29(41)22-48-18-17-47-16-15-46-14-13-45-12-11-44-10-9-39/h5-8,23,27-28,31,39-40H,9-22H2,1-4H3,(H,35,42)(H,37,41)/t27-,28+,31-/m1/s1. The second-order valence-corrected chi connectivity index (χ2v) is 13.5. The minimum absolute atomic E-state index is 0.00672. The minimum Gasteiger partial charge on any atom is -0.394 e. The number of nitrogens with one attached hydrogen (secondary N) is 2. The Morgan fingerprint density at radius 3 is 2.04 bits per heavy atom. The predicted octanol–water partition coefficient (Wildman–Crippen LogP) is 1.30. The highest BCUT2D eigenvalue weighted by atomic mass is 32.1. The summed E-state index contributed by atoms with van der Waals surface area (Å²) in [5.41, 5.74) is 4.05. The largest absolute Gasteiger partial charge is 0.394 e. The molecule has 14 nitrogen and oxygen atoms in total. The number of hydrogen-bond donors (Lipinski definition) is 4. The molecule has 1 saturated heterocycles. The maximum Gasteiger partial charge on any atom is 0.246 e. The molecule has 274 valence electrons. The van der Waals surface area contributed by atoms with Crippen molar-refractivity contribution in [2.24, 2.45) is 5.41 Å². The number of β-amino-alcohol motifs (C(OH)–C–C–N with tert-alkyl or cyclic N) is 1. The van der Waals surface area contributed by atoms with E-state index in [-0.39, 0.29) is 51.8 Å². The maximum atomic E-state index is 13.8. The summed E-state index contributed by atoms with van der Waals surface area (Å²) in [5.74, 6) is -1.28. The molecule has 3 rings (SSSR count). The number of amides is 3. The van der Waals surface area contributed by atoms with Crippen molar-refractivity contribution in [3.05, 3.63) is 41.0 Å². The van der Waals surface area contributed by atoms with Gasteiger partial charge in [-0.2, -0.15) is 0 Å². The van der Waals surface area contributed by atoms with E-state index in [1.165, 1.54) is 4.90 Å². The Hall–Kier alpha value is -3.02. The highest BCUT2D eigenvalue weighted by Crippen LogP contribution is 2.28. The Morgan fingerprint density at radius 2 is 1.51 bits per heavy atom. The number of benzene rings is 1. The van der Waals surface area contributed by atoms with Crippen molar-refractivity contribution < 1.29 is 48.3 Å². The van der Waals surface area contributed by atoms with Gasteiger partial charge < -0.3 is 49.4 Å². The molecule has 1 aliphatic rings. The summed E-state index contributed by atoms with van der Waals surface area (Å²) in [4.78, 5) is 46.6. The molecule has 0 bridgehead atoms. The first-order valence-corrected chi connectivity index (χ1v) is 17.4. The first-order chi connectivity index (χ1) is 23.5. The van der Waals surface area contributed by atoms with Gasteiger partial charge in [0.05, 0.1) is 88.3 Å². The van der Waals surface area contributed by atoms with E-state index in [0.29, 0.717) is 46.2 Å². The molecule has 0 saturated carbocycles. The van der Waals surface area contributed by atoms with E-state index >= 15 is 0 Å². The lowest BCUT2D eigenvalue weighted by molar-refractivity contribution is -0.144. The van der Waals surface area contributed by atoms with Crippen molar-refractivity contribution in [3.8, 4) is 10.4 Å². The van der Waals surface area contributed by atoms with Gasteiger partial charge in [0.1, 0.15) is 18.7 Å². The van der Waals surface area contributed by atoms with Crippen LogP contribution in [-0.4, -0.2) is 135 Å². The summed E-state index contributed by atoms with van der Waals surface area (Å²) < 4.78 is 26.7. The molecule has 3 amide bonds. The number of carbonyl (C=O) groups excluding carboxylic acids is 3. The Morgan fingerprint density at radius 1 is 0.939 bits per heavy atom. The van der Waals surface area contributed by atoms with Crippen molar-refractivity contribution in [1.29, 1.82) is 0 Å². The topological polar surface area (TPSA) is 178 Å². The first-order valence-electron chi connectivity index (χ1n) is 16.6. The third-order valence-corrected chi connectivity index (χ3v) is 8.65. The Kier molecular flexibility index (Phi) is 17.5. The zero-order valence-electron chi connectivity index (χ0n) is 29.0. The number of aryl methyl sites for hydroxylation is 1. The van der Waals surface area contributed by atoms with E-state index in [1.807, 2.05) is 57.5 Å². The molecule has 1 aliphatic heterocycles. The number of rotatable bonds is 22. The molecule has 4 N–H and O–H groups in total. The second kappa shape index (κ2) is 21.3. The molecule has 3 atom stereocenters. The van der Waals surface area contributed by atoms with Crippen LogP contribution in [0.15, 0.2) is 29.8 Å². The third kappa shape index (κ3) is 14.0. The molecular weight excluding hydrogens is 656 g/mol. The average molecular weight is 709 g/mol. The number of likely N-dealkylation sites (tertiary alicyclic amines) is 1. The number of ether oxygens (including phenoxy) is 5. The Bertz CT molecular complexity index is 1290. The molecule has 49 heavy (non-hydrogen) atoms. The van der Waals surface area contributed by atoms with Crippen molar-refractivity contribution in [3.63, 3.8) is 0 Å². The fourth-order valence-corrected chi connectivity index (χ4v) is 5.90. The average Bonchev–Trinajstić information content (AvgIpc) is 3.68. The van der Waals surface area contributed by atoms with Gasteiger partial charge in [0.25, 0.3) is 0 Å². The number of aromatic nitrogens is 1. The normalized spacial score (nSPS) is 16.9. The Balaban J connectivity index is 1.38. The second-order valence-electron chi connectivity index (χ2n) is 12.7. The van der Waals surface area contributed by atoms with Crippen molar-refractivity contribution >= 4 is 29.1 Å². The lowest BCUT2D eigenvalue weighted by Gasteiger charge is -2.35. The summed E-state index contributed by atoms with van der Waals surface area (Å²) in [6.45, 7) is 10.6. The molecule has 2 aromatic rings. The van der Waals surface area contributed by atoms with Gasteiger partial charge >= 0.3 is 0 Å². The highest BCUT2D eigenvalue weighted by Gasteiger charge is 2.44. The number of thiazole rings is 1. The van der Waals surface area contributed by atoms with Crippen LogP contribution in [-0.2, 0) is 44.6 Å². The van der Waals surface area contributed by atoms with E-state index in [2.05, 4.69) is 15.6 Å². The van der Waals surface area contributed by atoms with Crippen molar-refractivity contribution in [2.45, 2.75) is 58.8 Å². The monoisotopic (exact) mass is 708 g/mol. The fraction of sp³-hybridized carbons (Fsp3) is 0.647. The van der Waals surface area contributed by atoms with Crippen LogP contribution in [0.1, 0.15) is 38.4 Å². The highest BCUT2D eigenvalue weighted by molar-refractivity contribution is 7.13. The zero-order chi connectivity index (χ0) is 35.6. The molecular formula is C34H52N4O10S. The van der Waals surface area contributed by atoms with Crippen LogP contribution in [0.3, 0.4) is 0 Å². The Labute approximate surface area is 292 Å². The van der Waals surface area contributed by atoms with E-state index in [4.69, 9.17) is 28.8 Å². The van der Waals surface area contributed by atoms with Gasteiger partial charge in [-0.15, -0.1) is 11.3 Å². The van der Waals surface area contributed by atoms with E-state index in [0.717, 1.165) is 21.7 Å². The molecule has 0 aliphatic carbocycles. The van der Waals surface area contributed by atoms with Crippen LogP contribution < -0.4 is 10.6 Å². The van der Waals surface area contributed by atoms with E-state index in [1.54, 1.807) is 11.3 Å². The van der Waals surface area contributed by atoms with Gasteiger partial charge in [0.2, 0.25) is 17.7 Å². The molecule has 1 aromatic carbocycles. The molecule has 0 radical (unpaired) electrons. The number of aliphatic hydroxyl groups is 2. The van der Waals surface area contributed by atoms with Crippen LogP contribution in [0.25, 0.3) is 10.4 Å². The summed E-state index contributed by atoms with van der Waals surface area (Å²) in [7, 11) is 0. The number of aliphatic hydroxyl groups excluding tert-OH is 2. The molecule has 2 heterocycles. The van der Waals surface area contributed by atoms with Gasteiger partial charge in [-0.1, -0.05) is 45.0 Å². The molecule has 1 fully saturated rings. The van der Waals surface area contributed by atoms with Crippen molar-refractivity contribution in [1.82, 2.24) is 20.5 Å². The van der Waals surface area contributed by atoms with Gasteiger partial charge in [0.15, 0.2) is 0 Å². The fourth-order valence-electron chi connectivity index (χ4n) is 5.09. The van der Waals surface area contributed by atoms with Crippen LogP contribution in [0.4, 0.5) is 0 Å². The van der Waals surface area contributed by atoms with Crippen molar-refractivity contribution in [2.75, 3.05) is 79.2 Å². The van der Waals surface area contributed by atoms with E-state index in [9.17, 15) is 19.5 Å². The molecule has 0 unspecified atom stereocenters. The smallest absolute Gasteiger partial charge is 0.246 e. The van der Waals surface area contributed by atoms with Gasteiger partial charge in [-0.05, 0) is 23.5 Å². The van der Waals surface area contributed by atoms with Gasteiger partial charge in [0, 0.05) is 19.5 Å². The minimum atomic E-state index is -0.947. The lowest BCUT2D eigenvalue weighted by Crippen LogP contribution is -2.58. The molecule has 15 heteroatoms. The predicted molar refractivity (Wildman–Crippen MR) is 183 cm³/mol. The van der Waals surface area contributed by atoms with Gasteiger partial charge in [-0.3, -0.25) is 14.4 Å². The summed E-state index contributed by atoms with van der Waals surface area (Å²) in [5, 5.41) is 24.7. The summed E-state index contributed by atoms with van der Waals surface area (Å²) in [6, 6.07) is 6.04. The van der Waals surface area contributed by atoms with Crippen LogP contribution in [0, 0.1) is 12.3 Å². The number of carbonyl (C=O) groups is 3. The SMILES string of the molecule is Cc1ncsc1-c1ccc(CNC(=O)[C@@H]2C[C@@H](O)CN2C(=O)[C@@H](NC(=O)COCCOCCOCCOCCOCCO)C(C)(C)C)cc1. The van der Waals surface area contributed by atoms with Gasteiger partial charge in [-0.25, -0.2) is 4.98 Å². The third-order valence-electron chi connectivity index (χ3n) is 7.67. The molecule has 0 spiro atoms. The van der Waals surface area contributed by atoms with Crippen LogP contribution >= 0.6 is 11.3 Å². The molecule has 1 aromatic heterocycles. The zero-order valence-corrected chi connectivity index (χ0v) is 29.8. The number of hydrogen-bond acceptors (Lipinski definition) is 12. The summed E-state index contributed by atoms with van der Waals surface area (Å²) in [6.07, 6.45) is -0.752. The van der Waals surface area contributed by atoms with Crippen LogP contribution in [0.2, 0.25) is 0 Å². The number of nitrogens with zero attached hydrogens (tertiary/aromatic N) is 2. The maximum absolute atomic E-state index is 13.8. The quantitative estimate of drug-likeness (QED) is 0.130. The first kappa shape index (κ1) is 40.4.